The molecule has 0 N–H and O–H groups in total. The highest BCUT2D eigenvalue weighted by molar-refractivity contribution is 14.2. The largest absolute Gasteiger partial charge is 0.262 e. The van der Waals surface area contributed by atoms with Crippen LogP contribution in [0.2, 0.25) is 0 Å². The van der Waals surface area contributed by atoms with Gasteiger partial charge < -0.3 is 0 Å². The molecule has 2 rings (SSSR count). The molecule has 0 saturated heterocycles. The van der Waals surface area contributed by atoms with E-state index in [9.17, 15) is 0 Å². The maximum absolute atomic E-state index is 4.37. The molecule has 5 heteroatoms. The molecule has 0 unspecified atom stereocenters. The van der Waals surface area contributed by atoms with Gasteiger partial charge in [0.05, 0.1) is 34.7 Å². The third-order valence-electron chi connectivity index (χ3n) is 1.16. The van der Waals surface area contributed by atoms with Gasteiger partial charge in [0, 0.05) is 6.20 Å². The predicted molar refractivity (Wildman–Crippen MR) is 56.8 cm³/mol. The lowest BCUT2D eigenvalue weighted by Crippen LogP contribution is -1.86. The number of anilines is 1. The maximum Gasteiger partial charge on any atom is 0.131 e. The summed E-state index contributed by atoms with van der Waals surface area (Å²) >= 11 is 2.13. The predicted octanol–water partition coefficient (Wildman–Crippen LogP) is 2.95. The van der Waals surface area contributed by atoms with Gasteiger partial charge in [-0.15, -0.1) is 0 Å². The van der Waals surface area contributed by atoms with Crippen molar-refractivity contribution in [2.75, 3.05) is 1.33 Å². The van der Waals surface area contributed by atoms with Crippen LogP contribution >= 0.6 is 44.2 Å². The van der Waals surface area contributed by atoms with Gasteiger partial charge in [0.2, 0.25) is 0 Å². The summed E-state index contributed by atoms with van der Waals surface area (Å²) in [4.78, 5) is 4.02. The Kier molecular flexibility index (Phi) is 1.85. The van der Waals surface area contributed by atoms with E-state index in [-0.39, 0.29) is 21.3 Å². The van der Waals surface area contributed by atoms with Crippen LogP contribution in [0.1, 0.15) is 0 Å². The Balaban J connectivity index is 2.59. The number of rotatable bonds is 0. The molecule has 10 heavy (non-hydrogen) atoms. The van der Waals surface area contributed by atoms with Crippen molar-refractivity contribution >= 4 is 55.5 Å². The summed E-state index contributed by atoms with van der Waals surface area (Å²) in [5.41, 5.74) is 2.26. The number of halogens is 2. The van der Waals surface area contributed by atoms with Gasteiger partial charge in [-0.05, 0) is 6.07 Å². The highest BCUT2D eigenvalue weighted by atomic mass is 127. The Morgan fingerprint density at radius 1 is 1.60 bits per heavy atom. The lowest BCUT2D eigenvalue weighted by atomic mass is 10.4. The van der Waals surface area contributed by atoms with Gasteiger partial charge in [0.15, 0.2) is 0 Å². The normalized spacial score (nSPS) is 14.7. The second-order valence-electron chi connectivity index (χ2n) is 1.76. The molecule has 0 aliphatic carbocycles. The minimum atomic E-state index is -0.145. The maximum atomic E-state index is 4.37. The van der Waals surface area contributed by atoms with Crippen molar-refractivity contribution in [3.63, 3.8) is 0 Å². The second kappa shape index (κ2) is 2.68. The molecule has 0 radical (unpaired) electrons. The van der Waals surface area contributed by atoms with Crippen LogP contribution in [0.15, 0.2) is 21.6 Å². The van der Waals surface area contributed by atoms with Crippen molar-refractivity contribution in [2.45, 2.75) is 0 Å². The van der Waals surface area contributed by atoms with Gasteiger partial charge in [0.1, 0.15) is 27.0 Å². The van der Waals surface area contributed by atoms with Crippen LogP contribution < -0.4 is 1.33 Å². The van der Waals surface area contributed by atoms with Gasteiger partial charge in [-0.3, -0.25) is 4.98 Å². The van der Waals surface area contributed by atoms with Crippen LogP contribution in [0.5, 0.6) is 0 Å². The number of pyridine rings is 1. The van der Waals surface area contributed by atoms with Gasteiger partial charge in [0.25, 0.3) is 0 Å². The fourth-order valence-electron chi connectivity index (χ4n) is 0.695. The fraction of sp³-hybridized carbons (Fsp3) is 0. The Bertz CT molecular complexity index is 286. The van der Waals surface area contributed by atoms with Gasteiger partial charge in [-0.1, -0.05) is 0 Å². The van der Waals surface area contributed by atoms with Crippen LogP contribution in [0.4, 0.5) is 11.4 Å². The molecule has 0 bridgehead atoms. The molecular formula is C5H3I2N3. The molecule has 0 spiro atoms. The zero-order chi connectivity index (χ0) is 6.97. The molecule has 0 fully saturated rings. The first-order valence-corrected chi connectivity index (χ1v) is 5.53. The Hall–Kier alpha value is 0.210. The molecule has 1 aliphatic rings. The van der Waals surface area contributed by atoms with E-state index in [1.807, 2.05) is 12.3 Å². The second-order valence-corrected chi connectivity index (χ2v) is 6.45. The van der Waals surface area contributed by atoms with Crippen molar-refractivity contribution in [2.24, 2.45) is 3.15 Å². The van der Waals surface area contributed by atoms with Crippen molar-refractivity contribution < 1.29 is 0 Å². The molecule has 0 amide bonds. The average molecular weight is 359 g/mol. The molecule has 52 valence electrons. The third-order valence-corrected chi connectivity index (χ3v) is 4.40. The van der Waals surface area contributed by atoms with Crippen LogP contribution in [-0.4, -0.2) is 4.98 Å². The van der Waals surface area contributed by atoms with E-state index in [1.165, 1.54) is 0 Å². The standard InChI is InChI=1S/C5H3I2N3/c6-10-5-3-8-2-1-4(5)9-7-10/h1-3H. The highest BCUT2D eigenvalue weighted by Crippen LogP contribution is 2.43. The summed E-state index contributed by atoms with van der Waals surface area (Å²) in [5, 5.41) is 0. The molecule has 1 aromatic rings. The van der Waals surface area contributed by atoms with Crippen molar-refractivity contribution in [3.8, 4) is 0 Å². The Labute approximate surface area is 82.8 Å². The van der Waals surface area contributed by atoms with Gasteiger partial charge in [-0.2, -0.15) is 0 Å². The van der Waals surface area contributed by atoms with Crippen molar-refractivity contribution in [3.05, 3.63) is 18.5 Å². The summed E-state index contributed by atoms with van der Waals surface area (Å²) in [5.74, 6) is 0. The summed E-state index contributed by atoms with van der Waals surface area (Å²) in [6.45, 7) is 0. The third kappa shape index (κ3) is 1.04. The summed E-state index contributed by atoms with van der Waals surface area (Å²) < 4.78 is 6.52. The van der Waals surface area contributed by atoms with E-state index < -0.39 is 0 Å². The highest BCUT2D eigenvalue weighted by Gasteiger charge is 2.12. The van der Waals surface area contributed by atoms with Crippen LogP contribution in [-0.2, 0) is 0 Å². The lowest BCUT2D eigenvalue weighted by molar-refractivity contribution is 1.32. The van der Waals surface area contributed by atoms with Crippen molar-refractivity contribution in [1.82, 2.24) is 4.98 Å². The molecule has 0 saturated carbocycles. The van der Waals surface area contributed by atoms with Crippen LogP contribution in [0, 0.1) is 0 Å². The zero-order valence-electron chi connectivity index (χ0n) is 4.83. The molecule has 3 nitrogen and oxygen atoms in total. The van der Waals surface area contributed by atoms with E-state index in [2.05, 4.69) is 32.3 Å². The van der Waals surface area contributed by atoms with E-state index in [0.717, 1.165) is 11.4 Å². The molecule has 1 aliphatic heterocycles. The first-order chi connectivity index (χ1) is 4.88. The number of fused-ring (bicyclic) bond motifs is 1. The van der Waals surface area contributed by atoms with Crippen molar-refractivity contribution in [1.29, 1.82) is 0 Å². The van der Waals surface area contributed by atoms with E-state index >= 15 is 0 Å². The minimum absolute atomic E-state index is 0.145. The first-order valence-electron chi connectivity index (χ1n) is 2.63. The number of hydrogen-bond donors (Lipinski definition) is 0. The van der Waals surface area contributed by atoms with Crippen LogP contribution in [0.25, 0.3) is 0 Å². The van der Waals surface area contributed by atoms with Gasteiger partial charge in [-0.25, -0.2) is 4.47 Å². The SMILES string of the molecule is IN1I=Nc2ccncc21. The minimum Gasteiger partial charge on any atom is -0.262 e. The van der Waals surface area contributed by atoms with E-state index in [4.69, 9.17) is 0 Å². The van der Waals surface area contributed by atoms with Crippen LogP contribution in [0.3, 0.4) is 0 Å². The number of hydrogen-bond acceptors (Lipinski definition) is 3. The molecule has 0 aromatic carbocycles. The number of nitrogens with zero attached hydrogens (tertiary/aromatic N) is 3. The Morgan fingerprint density at radius 3 is 3.30 bits per heavy atom. The van der Waals surface area contributed by atoms with Gasteiger partial charge >= 0.3 is 0 Å². The summed E-state index contributed by atoms with van der Waals surface area (Å²) in [7, 11) is 0. The zero-order valence-corrected chi connectivity index (χ0v) is 9.14. The quantitative estimate of drug-likeness (QED) is 0.527. The molecule has 1 aromatic heterocycles. The smallest absolute Gasteiger partial charge is 0.131 e. The lowest BCUT2D eigenvalue weighted by Gasteiger charge is -2.01. The fourth-order valence-corrected chi connectivity index (χ4v) is 3.05. The molecule has 0 atom stereocenters. The van der Waals surface area contributed by atoms with E-state index in [0.29, 0.717) is 0 Å². The first kappa shape index (κ1) is 6.89. The topological polar surface area (TPSA) is 28.5 Å². The average Bonchev–Trinajstić information content (AvgIpc) is 2.34. The summed E-state index contributed by atoms with van der Waals surface area (Å²) in [6, 6.07) is 1.95. The summed E-state index contributed by atoms with van der Waals surface area (Å²) in [6.07, 6.45) is 3.64. The monoisotopic (exact) mass is 359 g/mol. The van der Waals surface area contributed by atoms with E-state index in [1.54, 1.807) is 6.20 Å². The number of aromatic nitrogens is 1. The molecule has 2 heterocycles. The molecular weight excluding hydrogens is 356 g/mol. The Morgan fingerprint density at radius 2 is 2.50 bits per heavy atom.